The highest BCUT2D eigenvalue weighted by atomic mass is 32.2. The molecule has 2 rings (SSSR count). The van der Waals surface area contributed by atoms with Gasteiger partial charge in [-0.3, -0.25) is 4.90 Å². The van der Waals surface area contributed by atoms with E-state index in [1.54, 1.807) is 12.1 Å². The summed E-state index contributed by atoms with van der Waals surface area (Å²) in [5, 5.41) is 0. The van der Waals surface area contributed by atoms with Gasteiger partial charge in [-0.25, -0.2) is 12.8 Å². The monoisotopic (exact) mass is 314 g/mol. The molecule has 0 radical (unpaired) electrons. The van der Waals surface area contributed by atoms with Crippen LogP contribution in [0.4, 0.5) is 4.39 Å². The maximum Gasteiger partial charge on any atom is 0.151 e. The van der Waals surface area contributed by atoms with E-state index in [1.165, 1.54) is 12.1 Å². The number of benzene rings is 1. The van der Waals surface area contributed by atoms with Crippen molar-refractivity contribution >= 4 is 9.84 Å². The minimum Gasteiger partial charge on any atom is -0.329 e. The summed E-state index contributed by atoms with van der Waals surface area (Å²) in [6.07, 6.45) is 1.31. The summed E-state index contributed by atoms with van der Waals surface area (Å²) >= 11 is 0. The zero-order chi connectivity index (χ0) is 15.7. The molecule has 1 aromatic rings. The lowest BCUT2D eigenvalue weighted by atomic mass is 9.90. The highest BCUT2D eigenvalue weighted by molar-refractivity contribution is 7.91. The van der Waals surface area contributed by atoms with Crippen LogP contribution in [0, 0.1) is 5.82 Å². The summed E-state index contributed by atoms with van der Waals surface area (Å²) in [4.78, 5) is 2.08. The molecule has 1 aromatic carbocycles. The first-order valence-electron chi connectivity index (χ1n) is 7.14. The Labute approximate surface area is 126 Å². The molecule has 6 heteroatoms. The highest BCUT2D eigenvalue weighted by Gasteiger charge is 2.38. The lowest BCUT2D eigenvalue weighted by molar-refractivity contribution is 0.103. The molecular formula is C15H23FN2O2S. The molecular weight excluding hydrogens is 291 g/mol. The SMILES string of the molecule is CN(C1CCS(=O)(=O)C1)C(C)(CN)Cc1ccc(F)cc1. The van der Waals surface area contributed by atoms with Crippen LogP contribution in [0.5, 0.6) is 0 Å². The van der Waals surface area contributed by atoms with E-state index in [4.69, 9.17) is 5.73 Å². The molecule has 1 aliphatic rings. The van der Waals surface area contributed by atoms with E-state index in [0.29, 0.717) is 19.4 Å². The predicted octanol–water partition coefficient (Wildman–Crippen LogP) is 1.20. The molecule has 1 saturated heterocycles. The Morgan fingerprint density at radius 2 is 2.00 bits per heavy atom. The standard InChI is InChI=1S/C15H23FN2O2S/c1-15(11-17,9-12-3-5-13(16)6-4-12)18(2)14-7-8-21(19,20)10-14/h3-6,14H,7-11,17H2,1-2H3. The molecule has 4 nitrogen and oxygen atoms in total. The van der Waals surface area contributed by atoms with Crippen LogP contribution in [0.3, 0.4) is 0 Å². The highest BCUT2D eigenvalue weighted by Crippen LogP contribution is 2.26. The van der Waals surface area contributed by atoms with Crippen molar-refractivity contribution in [3.8, 4) is 0 Å². The third-order valence-corrected chi connectivity index (χ3v) is 6.30. The van der Waals surface area contributed by atoms with E-state index >= 15 is 0 Å². The predicted molar refractivity (Wildman–Crippen MR) is 82.4 cm³/mol. The Balaban J connectivity index is 2.14. The fraction of sp³-hybridized carbons (Fsp3) is 0.600. The van der Waals surface area contributed by atoms with Crippen molar-refractivity contribution in [1.82, 2.24) is 4.90 Å². The summed E-state index contributed by atoms with van der Waals surface area (Å²) < 4.78 is 36.3. The molecule has 2 N–H and O–H groups in total. The number of nitrogens with two attached hydrogens (primary N) is 1. The van der Waals surface area contributed by atoms with E-state index in [1.807, 2.05) is 14.0 Å². The average molecular weight is 314 g/mol. The smallest absolute Gasteiger partial charge is 0.151 e. The van der Waals surface area contributed by atoms with Gasteiger partial charge in [0.15, 0.2) is 9.84 Å². The first kappa shape index (κ1) is 16.4. The molecule has 0 saturated carbocycles. The molecule has 0 amide bonds. The van der Waals surface area contributed by atoms with Gasteiger partial charge >= 0.3 is 0 Å². The van der Waals surface area contributed by atoms with Gasteiger partial charge in [0.2, 0.25) is 0 Å². The molecule has 0 aliphatic carbocycles. The summed E-state index contributed by atoms with van der Waals surface area (Å²) in [5.41, 5.74) is 6.61. The summed E-state index contributed by atoms with van der Waals surface area (Å²) in [6, 6.07) is 6.38. The fourth-order valence-electron chi connectivity index (χ4n) is 2.90. The molecule has 2 atom stereocenters. The topological polar surface area (TPSA) is 63.4 Å². The van der Waals surface area contributed by atoms with Gasteiger partial charge in [0.1, 0.15) is 5.82 Å². The molecule has 1 fully saturated rings. The van der Waals surface area contributed by atoms with Crippen LogP contribution in [0.1, 0.15) is 18.9 Å². The quantitative estimate of drug-likeness (QED) is 0.887. The van der Waals surface area contributed by atoms with Crippen molar-refractivity contribution in [2.75, 3.05) is 25.1 Å². The number of nitrogens with zero attached hydrogens (tertiary/aromatic N) is 1. The Bertz CT molecular complexity index is 588. The van der Waals surface area contributed by atoms with Gasteiger partial charge in [0.05, 0.1) is 11.5 Å². The minimum absolute atomic E-state index is 0.00370. The molecule has 118 valence electrons. The molecule has 1 aliphatic heterocycles. The first-order valence-corrected chi connectivity index (χ1v) is 8.96. The van der Waals surface area contributed by atoms with Crippen molar-refractivity contribution in [3.63, 3.8) is 0 Å². The molecule has 0 bridgehead atoms. The minimum atomic E-state index is -2.92. The maximum atomic E-state index is 13.0. The van der Waals surface area contributed by atoms with Gasteiger partial charge < -0.3 is 5.73 Å². The van der Waals surface area contributed by atoms with Gasteiger partial charge in [0.25, 0.3) is 0 Å². The van der Waals surface area contributed by atoms with E-state index in [9.17, 15) is 12.8 Å². The molecule has 2 unspecified atom stereocenters. The second kappa shape index (κ2) is 6.02. The van der Waals surface area contributed by atoms with E-state index in [0.717, 1.165) is 5.56 Å². The Morgan fingerprint density at radius 3 is 2.48 bits per heavy atom. The van der Waals surface area contributed by atoms with Crippen LogP contribution in [-0.2, 0) is 16.3 Å². The van der Waals surface area contributed by atoms with Crippen LogP contribution in [0.2, 0.25) is 0 Å². The number of hydrogen-bond donors (Lipinski definition) is 1. The molecule has 0 aromatic heterocycles. The third-order valence-electron chi connectivity index (χ3n) is 4.55. The fourth-order valence-corrected chi connectivity index (χ4v) is 4.68. The van der Waals surface area contributed by atoms with Crippen molar-refractivity contribution in [2.24, 2.45) is 5.73 Å². The Kier molecular flexibility index (Phi) is 4.70. The maximum absolute atomic E-state index is 13.0. The van der Waals surface area contributed by atoms with Crippen LogP contribution in [0.15, 0.2) is 24.3 Å². The first-order chi connectivity index (χ1) is 9.76. The second-order valence-corrected chi connectivity index (χ2v) is 8.40. The largest absolute Gasteiger partial charge is 0.329 e. The lowest BCUT2D eigenvalue weighted by Crippen LogP contribution is -2.55. The van der Waals surface area contributed by atoms with Gasteiger partial charge in [-0.1, -0.05) is 12.1 Å². The van der Waals surface area contributed by atoms with Crippen molar-refractivity contribution in [2.45, 2.75) is 31.3 Å². The average Bonchev–Trinajstić information content (AvgIpc) is 2.80. The number of hydrogen-bond acceptors (Lipinski definition) is 4. The molecule has 1 heterocycles. The number of sulfone groups is 1. The van der Waals surface area contributed by atoms with Gasteiger partial charge in [-0.15, -0.1) is 0 Å². The number of halogens is 1. The molecule has 21 heavy (non-hydrogen) atoms. The van der Waals surface area contributed by atoms with E-state index < -0.39 is 9.84 Å². The number of rotatable bonds is 5. The van der Waals surface area contributed by atoms with Crippen molar-refractivity contribution < 1.29 is 12.8 Å². The van der Waals surface area contributed by atoms with Gasteiger partial charge in [0, 0.05) is 18.1 Å². The molecule has 0 spiro atoms. The Hall–Kier alpha value is -0.980. The van der Waals surface area contributed by atoms with Gasteiger partial charge in [-0.2, -0.15) is 0 Å². The van der Waals surface area contributed by atoms with Crippen molar-refractivity contribution in [3.05, 3.63) is 35.6 Å². The zero-order valence-electron chi connectivity index (χ0n) is 12.5. The summed E-state index contributed by atoms with van der Waals surface area (Å²) in [7, 11) is -0.987. The summed E-state index contributed by atoms with van der Waals surface area (Å²) in [5.74, 6) is 0.185. The van der Waals surface area contributed by atoms with Crippen LogP contribution in [-0.4, -0.2) is 50.0 Å². The van der Waals surface area contributed by atoms with Crippen LogP contribution < -0.4 is 5.73 Å². The third kappa shape index (κ3) is 3.81. The Morgan fingerprint density at radius 1 is 1.38 bits per heavy atom. The number of likely N-dealkylation sites (N-methyl/N-ethyl adjacent to an activating group) is 1. The second-order valence-electron chi connectivity index (χ2n) is 6.17. The van der Waals surface area contributed by atoms with Crippen LogP contribution in [0.25, 0.3) is 0 Å². The van der Waals surface area contributed by atoms with Crippen molar-refractivity contribution in [1.29, 1.82) is 0 Å². The lowest BCUT2D eigenvalue weighted by Gasteiger charge is -2.41. The van der Waals surface area contributed by atoms with E-state index in [2.05, 4.69) is 4.90 Å². The van der Waals surface area contributed by atoms with Gasteiger partial charge in [-0.05, 0) is 44.5 Å². The van der Waals surface area contributed by atoms with E-state index in [-0.39, 0.29) is 28.9 Å². The zero-order valence-corrected chi connectivity index (χ0v) is 13.4. The normalized spacial score (nSPS) is 24.1. The summed E-state index contributed by atoms with van der Waals surface area (Å²) in [6.45, 7) is 2.44. The van der Waals surface area contributed by atoms with Crippen LogP contribution >= 0.6 is 0 Å².